The molecule has 112 valence electrons. The third-order valence-corrected chi connectivity index (χ3v) is 3.65. The Labute approximate surface area is 126 Å². The summed E-state index contributed by atoms with van der Waals surface area (Å²) in [5.74, 6) is 1.31. The molecule has 21 heavy (non-hydrogen) atoms. The molecule has 0 aromatic heterocycles. The summed E-state index contributed by atoms with van der Waals surface area (Å²) >= 11 is 0. The van der Waals surface area contributed by atoms with Crippen molar-refractivity contribution in [3.8, 4) is 5.75 Å². The molecule has 0 saturated carbocycles. The van der Waals surface area contributed by atoms with E-state index < -0.39 is 0 Å². The van der Waals surface area contributed by atoms with Crippen molar-refractivity contribution < 1.29 is 9.84 Å². The molecule has 2 aromatic rings. The molecule has 2 aromatic carbocycles. The van der Waals surface area contributed by atoms with Gasteiger partial charge in [-0.1, -0.05) is 31.2 Å². The largest absolute Gasteiger partial charge is 0.497 e. The Morgan fingerprint density at radius 2 is 1.71 bits per heavy atom. The zero-order chi connectivity index (χ0) is 15.1. The van der Waals surface area contributed by atoms with Gasteiger partial charge in [0.1, 0.15) is 5.75 Å². The topological polar surface area (TPSA) is 41.5 Å². The molecule has 2 N–H and O–H groups in total. The summed E-state index contributed by atoms with van der Waals surface area (Å²) in [6.07, 6.45) is 0.711. The standard InChI is InChI=1S/C18H23NO2/c1-14(16-5-9-18(21-2)10-6-16)13-19-17-7-3-15(4-8-17)11-12-20/h3-10,14,19-20H,11-13H2,1-2H3. The van der Waals surface area contributed by atoms with E-state index in [9.17, 15) is 0 Å². The number of aliphatic hydroxyl groups excluding tert-OH is 1. The van der Waals surface area contributed by atoms with Gasteiger partial charge >= 0.3 is 0 Å². The number of nitrogens with one attached hydrogen (secondary N) is 1. The monoisotopic (exact) mass is 285 g/mol. The lowest BCUT2D eigenvalue weighted by Gasteiger charge is -2.15. The zero-order valence-corrected chi connectivity index (χ0v) is 12.7. The molecule has 3 nitrogen and oxygen atoms in total. The van der Waals surface area contributed by atoms with Crippen LogP contribution in [0.5, 0.6) is 5.75 Å². The van der Waals surface area contributed by atoms with Crippen LogP contribution in [0.15, 0.2) is 48.5 Å². The first kappa shape index (κ1) is 15.4. The molecule has 1 atom stereocenters. The summed E-state index contributed by atoms with van der Waals surface area (Å²) in [5.41, 5.74) is 3.56. The molecule has 0 spiro atoms. The Hall–Kier alpha value is -2.00. The van der Waals surface area contributed by atoms with Gasteiger partial charge in [-0.25, -0.2) is 0 Å². The number of rotatable bonds is 7. The van der Waals surface area contributed by atoms with Crippen LogP contribution in [-0.2, 0) is 6.42 Å². The van der Waals surface area contributed by atoms with Gasteiger partial charge in [-0.05, 0) is 47.7 Å². The smallest absolute Gasteiger partial charge is 0.118 e. The van der Waals surface area contributed by atoms with Gasteiger partial charge in [0.25, 0.3) is 0 Å². The highest BCUT2D eigenvalue weighted by molar-refractivity contribution is 5.45. The molecule has 0 aliphatic carbocycles. The Morgan fingerprint density at radius 1 is 1.05 bits per heavy atom. The molecule has 0 heterocycles. The van der Waals surface area contributed by atoms with Crippen LogP contribution in [0.4, 0.5) is 5.69 Å². The van der Waals surface area contributed by atoms with Gasteiger partial charge in [0.05, 0.1) is 7.11 Å². The number of aliphatic hydroxyl groups is 1. The van der Waals surface area contributed by atoms with Crippen LogP contribution in [0.2, 0.25) is 0 Å². The highest BCUT2D eigenvalue weighted by Gasteiger charge is 2.05. The maximum Gasteiger partial charge on any atom is 0.118 e. The van der Waals surface area contributed by atoms with Crippen LogP contribution in [0.25, 0.3) is 0 Å². The summed E-state index contributed by atoms with van der Waals surface area (Å²) in [7, 11) is 1.68. The van der Waals surface area contributed by atoms with Crippen molar-refractivity contribution >= 4 is 5.69 Å². The second-order valence-corrected chi connectivity index (χ2v) is 5.23. The Balaban J connectivity index is 1.88. The summed E-state index contributed by atoms with van der Waals surface area (Å²) in [5, 5.41) is 12.4. The second-order valence-electron chi connectivity index (χ2n) is 5.23. The Kier molecular flexibility index (Phi) is 5.64. The predicted octanol–water partition coefficient (Wildman–Crippen LogP) is 3.45. The number of anilines is 1. The van der Waals surface area contributed by atoms with Gasteiger partial charge in [0, 0.05) is 18.8 Å². The second kappa shape index (κ2) is 7.70. The van der Waals surface area contributed by atoms with E-state index in [4.69, 9.17) is 9.84 Å². The van der Waals surface area contributed by atoms with Crippen LogP contribution >= 0.6 is 0 Å². The van der Waals surface area contributed by atoms with Gasteiger partial charge in [-0.2, -0.15) is 0 Å². The molecule has 0 amide bonds. The van der Waals surface area contributed by atoms with Crippen LogP contribution in [-0.4, -0.2) is 25.4 Å². The average Bonchev–Trinajstić information content (AvgIpc) is 2.54. The van der Waals surface area contributed by atoms with Crippen molar-refractivity contribution in [2.24, 2.45) is 0 Å². The quantitative estimate of drug-likeness (QED) is 0.818. The van der Waals surface area contributed by atoms with Gasteiger partial charge < -0.3 is 15.2 Å². The normalized spacial score (nSPS) is 12.0. The summed E-state index contributed by atoms with van der Waals surface area (Å²) < 4.78 is 5.18. The van der Waals surface area contributed by atoms with Crippen molar-refractivity contribution in [3.63, 3.8) is 0 Å². The molecule has 0 aliphatic heterocycles. The molecule has 0 saturated heterocycles. The Morgan fingerprint density at radius 3 is 2.29 bits per heavy atom. The lowest BCUT2D eigenvalue weighted by Crippen LogP contribution is -2.09. The van der Waals surface area contributed by atoms with E-state index in [0.717, 1.165) is 23.5 Å². The van der Waals surface area contributed by atoms with Crippen molar-refractivity contribution in [2.75, 3.05) is 25.6 Å². The van der Waals surface area contributed by atoms with E-state index in [0.29, 0.717) is 12.3 Å². The minimum atomic E-state index is 0.196. The molecule has 0 radical (unpaired) electrons. The first-order valence-electron chi connectivity index (χ1n) is 7.30. The van der Waals surface area contributed by atoms with Crippen LogP contribution in [0.1, 0.15) is 24.0 Å². The lowest BCUT2D eigenvalue weighted by atomic mass is 10.0. The van der Waals surface area contributed by atoms with E-state index in [2.05, 4.69) is 48.6 Å². The van der Waals surface area contributed by atoms with Gasteiger partial charge in [-0.15, -0.1) is 0 Å². The van der Waals surface area contributed by atoms with Crippen molar-refractivity contribution in [2.45, 2.75) is 19.3 Å². The zero-order valence-electron chi connectivity index (χ0n) is 12.7. The molecule has 2 rings (SSSR count). The fraction of sp³-hybridized carbons (Fsp3) is 0.333. The highest BCUT2D eigenvalue weighted by Crippen LogP contribution is 2.20. The number of hydrogen-bond donors (Lipinski definition) is 2. The number of methoxy groups -OCH3 is 1. The van der Waals surface area contributed by atoms with E-state index in [1.165, 1.54) is 5.56 Å². The average molecular weight is 285 g/mol. The summed E-state index contributed by atoms with van der Waals surface area (Å²) in [6.45, 7) is 3.28. The van der Waals surface area contributed by atoms with E-state index in [1.54, 1.807) is 7.11 Å². The summed E-state index contributed by atoms with van der Waals surface area (Å²) in [4.78, 5) is 0. The number of hydrogen-bond acceptors (Lipinski definition) is 3. The van der Waals surface area contributed by atoms with Crippen LogP contribution in [0, 0.1) is 0 Å². The molecule has 0 fully saturated rings. The third kappa shape index (κ3) is 4.50. The first-order valence-corrected chi connectivity index (χ1v) is 7.30. The minimum absolute atomic E-state index is 0.196. The molecular weight excluding hydrogens is 262 g/mol. The number of benzene rings is 2. The third-order valence-electron chi connectivity index (χ3n) is 3.65. The van der Waals surface area contributed by atoms with Crippen LogP contribution < -0.4 is 10.1 Å². The fourth-order valence-corrected chi connectivity index (χ4v) is 2.24. The van der Waals surface area contributed by atoms with Crippen molar-refractivity contribution in [1.29, 1.82) is 0 Å². The van der Waals surface area contributed by atoms with E-state index in [1.807, 2.05) is 12.1 Å². The molecule has 0 aliphatic rings. The lowest BCUT2D eigenvalue weighted by molar-refractivity contribution is 0.299. The molecule has 1 unspecified atom stereocenters. The predicted molar refractivity (Wildman–Crippen MR) is 87.1 cm³/mol. The van der Waals surface area contributed by atoms with Gasteiger partial charge in [0.15, 0.2) is 0 Å². The molecule has 3 heteroatoms. The van der Waals surface area contributed by atoms with Crippen molar-refractivity contribution in [1.82, 2.24) is 0 Å². The fourth-order valence-electron chi connectivity index (χ4n) is 2.24. The molecular formula is C18H23NO2. The maximum absolute atomic E-state index is 8.90. The minimum Gasteiger partial charge on any atom is -0.497 e. The van der Waals surface area contributed by atoms with E-state index >= 15 is 0 Å². The van der Waals surface area contributed by atoms with Gasteiger partial charge in [-0.3, -0.25) is 0 Å². The van der Waals surface area contributed by atoms with Crippen LogP contribution in [0.3, 0.4) is 0 Å². The number of ether oxygens (including phenoxy) is 1. The van der Waals surface area contributed by atoms with Crippen molar-refractivity contribution in [3.05, 3.63) is 59.7 Å². The molecule has 0 bridgehead atoms. The van der Waals surface area contributed by atoms with E-state index in [-0.39, 0.29) is 6.61 Å². The maximum atomic E-state index is 8.90. The Bertz CT molecular complexity index is 534. The highest BCUT2D eigenvalue weighted by atomic mass is 16.5. The van der Waals surface area contributed by atoms with Gasteiger partial charge in [0.2, 0.25) is 0 Å². The SMILES string of the molecule is COc1ccc(C(C)CNc2ccc(CCO)cc2)cc1. The summed E-state index contributed by atoms with van der Waals surface area (Å²) in [6, 6.07) is 16.4. The first-order chi connectivity index (χ1) is 10.2.